The van der Waals surface area contributed by atoms with E-state index in [9.17, 15) is 4.91 Å². The topological polar surface area (TPSA) is 82.5 Å². The highest BCUT2D eigenvalue weighted by Crippen LogP contribution is 1.97. The van der Waals surface area contributed by atoms with Crippen LogP contribution in [0.1, 0.15) is 26.2 Å². The first kappa shape index (κ1) is 9.87. The van der Waals surface area contributed by atoms with Crippen LogP contribution in [0, 0.1) is 10.3 Å². The van der Waals surface area contributed by atoms with Gasteiger partial charge in [-0.05, 0) is 6.42 Å². The van der Waals surface area contributed by atoms with Crippen molar-refractivity contribution in [3.05, 3.63) is 4.91 Å². The number of nitroso groups, excluding NO2 is 1. The van der Waals surface area contributed by atoms with Crippen LogP contribution < -0.4 is 5.73 Å². The average molecular weight is 158 g/mol. The van der Waals surface area contributed by atoms with Crippen molar-refractivity contribution in [1.82, 2.24) is 5.01 Å². The van der Waals surface area contributed by atoms with E-state index in [-0.39, 0.29) is 5.96 Å². The number of hydrogen-bond acceptors (Lipinski definition) is 3. The third kappa shape index (κ3) is 4.30. The van der Waals surface area contributed by atoms with Gasteiger partial charge in [0.1, 0.15) is 0 Å². The third-order valence-corrected chi connectivity index (χ3v) is 1.35. The van der Waals surface area contributed by atoms with Crippen LogP contribution in [0.4, 0.5) is 0 Å². The zero-order valence-electron chi connectivity index (χ0n) is 6.71. The molecule has 0 atom stereocenters. The number of nitrogens with two attached hydrogens (primary N) is 1. The van der Waals surface area contributed by atoms with Gasteiger partial charge in [0, 0.05) is 6.54 Å². The van der Waals surface area contributed by atoms with E-state index >= 15 is 0 Å². The highest BCUT2D eigenvalue weighted by Gasteiger charge is 2.03. The van der Waals surface area contributed by atoms with Gasteiger partial charge >= 0.3 is 0 Å². The van der Waals surface area contributed by atoms with Crippen LogP contribution in [0.15, 0.2) is 5.29 Å². The molecule has 5 heteroatoms. The van der Waals surface area contributed by atoms with Gasteiger partial charge in [-0.25, -0.2) is 0 Å². The van der Waals surface area contributed by atoms with Crippen molar-refractivity contribution in [2.24, 2.45) is 11.0 Å². The minimum Gasteiger partial charge on any atom is -0.368 e. The van der Waals surface area contributed by atoms with Gasteiger partial charge < -0.3 is 5.73 Å². The molecule has 0 aromatic heterocycles. The molecule has 0 aliphatic carbocycles. The first-order chi connectivity index (χ1) is 5.22. The van der Waals surface area contributed by atoms with Gasteiger partial charge in [-0.15, -0.1) is 4.91 Å². The highest BCUT2D eigenvalue weighted by molar-refractivity contribution is 5.74. The Kier molecular flexibility index (Phi) is 5.06. The van der Waals surface area contributed by atoms with E-state index in [1.165, 1.54) is 0 Å². The molecule has 0 saturated carbocycles. The Hall–Kier alpha value is -1.13. The van der Waals surface area contributed by atoms with E-state index in [0.29, 0.717) is 6.54 Å². The summed E-state index contributed by atoms with van der Waals surface area (Å²) in [6.45, 7) is 2.51. The van der Waals surface area contributed by atoms with Crippen molar-refractivity contribution >= 4 is 5.96 Å². The largest absolute Gasteiger partial charge is 0.368 e. The predicted molar refractivity (Wildman–Crippen MR) is 43.9 cm³/mol. The zero-order chi connectivity index (χ0) is 8.69. The van der Waals surface area contributed by atoms with Gasteiger partial charge in [0.05, 0.1) is 5.29 Å². The van der Waals surface area contributed by atoms with Gasteiger partial charge in [-0.2, -0.15) is 5.01 Å². The molecule has 0 heterocycles. The molecule has 0 amide bonds. The second-order valence-electron chi connectivity index (χ2n) is 2.30. The molecule has 0 fully saturated rings. The van der Waals surface area contributed by atoms with Crippen LogP contribution in [0.25, 0.3) is 0 Å². The van der Waals surface area contributed by atoms with E-state index in [4.69, 9.17) is 11.1 Å². The van der Waals surface area contributed by atoms with E-state index in [1.54, 1.807) is 0 Å². The minimum atomic E-state index is -0.281. The lowest BCUT2D eigenvalue weighted by Crippen LogP contribution is -2.32. The molecule has 3 N–H and O–H groups in total. The normalized spacial score (nSPS) is 9.18. The fourth-order valence-electron chi connectivity index (χ4n) is 0.717. The molecule has 0 aliphatic heterocycles. The first-order valence-electron chi connectivity index (χ1n) is 3.67. The maximum absolute atomic E-state index is 10.00. The summed E-state index contributed by atoms with van der Waals surface area (Å²) in [4.78, 5) is 10.00. The maximum Gasteiger partial charge on any atom is 0.211 e. The van der Waals surface area contributed by atoms with Crippen molar-refractivity contribution in [3.63, 3.8) is 0 Å². The van der Waals surface area contributed by atoms with Gasteiger partial charge in [-0.3, -0.25) is 5.41 Å². The Morgan fingerprint density at radius 3 is 2.64 bits per heavy atom. The van der Waals surface area contributed by atoms with E-state index in [1.807, 2.05) is 0 Å². The molecule has 0 bridgehead atoms. The molecule has 0 aromatic rings. The number of rotatable bonds is 5. The zero-order valence-corrected chi connectivity index (χ0v) is 6.71. The molecule has 5 nitrogen and oxygen atoms in total. The smallest absolute Gasteiger partial charge is 0.211 e. The van der Waals surface area contributed by atoms with Crippen LogP contribution in [0.3, 0.4) is 0 Å². The predicted octanol–water partition coefficient (Wildman–Crippen LogP) is 1.05. The first-order valence-corrected chi connectivity index (χ1v) is 3.67. The Morgan fingerprint density at radius 1 is 1.64 bits per heavy atom. The molecule has 0 spiro atoms. The summed E-state index contributed by atoms with van der Waals surface area (Å²) in [7, 11) is 0. The van der Waals surface area contributed by atoms with Crippen LogP contribution in [0.2, 0.25) is 0 Å². The lowest BCUT2D eigenvalue weighted by Gasteiger charge is -2.10. The molecule has 0 rings (SSSR count). The minimum absolute atomic E-state index is 0.281. The van der Waals surface area contributed by atoms with Crippen molar-refractivity contribution < 1.29 is 0 Å². The van der Waals surface area contributed by atoms with Gasteiger partial charge in [0.2, 0.25) is 5.96 Å². The number of hydrogen-bond donors (Lipinski definition) is 2. The number of unbranched alkanes of at least 4 members (excludes halogenated alkanes) is 2. The van der Waals surface area contributed by atoms with Crippen LogP contribution in [-0.2, 0) is 0 Å². The lowest BCUT2D eigenvalue weighted by molar-refractivity contribution is 0.414. The van der Waals surface area contributed by atoms with Crippen molar-refractivity contribution in [2.45, 2.75) is 26.2 Å². The van der Waals surface area contributed by atoms with Gasteiger partial charge in [-0.1, -0.05) is 19.8 Å². The van der Waals surface area contributed by atoms with Gasteiger partial charge in [0.15, 0.2) is 0 Å². The Bertz CT molecular complexity index is 137. The van der Waals surface area contributed by atoms with E-state index in [0.717, 1.165) is 24.3 Å². The number of nitrogens with one attached hydrogen (secondary N) is 1. The van der Waals surface area contributed by atoms with Crippen molar-refractivity contribution in [2.75, 3.05) is 6.54 Å². The Balaban J connectivity index is 3.52. The molecule has 0 aliphatic rings. The van der Waals surface area contributed by atoms with Crippen molar-refractivity contribution in [3.8, 4) is 0 Å². The number of guanidine groups is 1. The molecular formula is C6H14N4O. The summed E-state index contributed by atoms with van der Waals surface area (Å²) in [6.07, 6.45) is 2.95. The fraction of sp³-hybridized carbons (Fsp3) is 0.833. The second-order valence-corrected chi connectivity index (χ2v) is 2.30. The summed E-state index contributed by atoms with van der Waals surface area (Å²) >= 11 is 0. The molecule has 0 radical (unpaired) electrons. The molecule has 11 heavy (non-hydrogen) atoms. The highest BCUT2D eigenvalue weighted by atomic mass is 16.3. The molecular weight excluding hydrogens is 144 g/mol. The summed E-state index contributed by atoms with van der Waals surface area (Å²) < 4.78 is 0. The van der Waals surface area contributed by atoms with Gasteiger partial charge in [0.25, 0.3) is 0 Å². The molecule has 64 valence electrons. The van der Waals surface area contributed by atoms with E-state index in [2.05, 4.69) is 12.2 Å². The summed E-state index contributed by atoms with van der Waals surface area (Å²) in [5.74, 6) is -0.281. The standard InChI is InChI=1S/C6H14N4O/c1-2-3-4-5-10(9-11)6(7)8/h2-5H2,1H3,(H3,7,8). The maximum atomic E-state index is 10.00. The quantitative estimate of drug-likeness (QED) is 0.206. The molecule has 0 saturated heterocycles. The third-order valence-electron chi connectivity index (χ3n) is 1.35. The van der Waals surface area contributed by atoms with E-state index < -0.39 is 0 Å². The molecule has 0 aromatic carbocycles. The summed E-state index contributed by atoms with van der Waals surface area (Å²) in [5.41, 5.74) is 5.04. The Morgan fingerprint density at radius 2 is 2.27 bits per heavy atom. The molecule has 0 unspecified atom stereocenters. The Labute approximate surface area is 66.0 Å². The second kappa shape index (κ2) is 5.64. The summed E-state index contributed by atoms with van der Waals surface area (Å²) in [5, 5.41) is 10.4. The SMILES string of the molecule is CCCCCN(N=O)C(=N)N. The summed E-state index contributed by atoms with van der Waals surface area (Å²) in [6, 6.07) is 0. The van der Waals surface area contributed by atoms with Crippen molar-refractivity contribution in [1.29, 1.82) is 5.41 Å². The number of nitrogens with zero attached hydrogens (tertiary/aromatic N) is 2. The average Bonchev–Trinajstić information content (AvgIpc) is 1.97. The fourth-order valence-corrected chi connectivity index (χ4v) is 0.717. The van der Waals surface area contributed by atoms with Crippen LogP contribution in [-0.4, -0.2) is 17.5 Å². The van der Waals surface area contributed by atoms with Crippen LogP contribution in [0.5, 0.6) is 0 Å². The lowest BCUT2D eigenvalue weighted by atomic mass is 10.2. The monoisotopic (exact) mass is 158 g/mol. The van der Waals surface area contributed by atoms with Crippen LogP contribution >= 0.6 is 0 Å².